The second-order valence-electron chi connectivity index (χ2n) is 5.04. The summed E-state index contributed by atoms with van der Waals surface area (Å²) in [7, 11) is 1.51. The Bertz CT molecular complexity index is 599. The molecule has 0 aliphatic heterocycles. The minimum absolute atomic E-state index is 0.0486. The van der Waals surface area contributed by atoms with Crippen molar-refractivity contribution in [2.75, 3.05) is 7.11 Å². The second kappa shape index (κ2) is 7.09. The maximum absolute atomic E-state index is 13.9. The molecule has 2 aromatic rings. The Labute approximate surface area is 124 Å². The largest absolute Gasteiger partial charge is 0.497 e. The van der Waals surface area contributed by atoms with Crippen LogP contribution in [0.4, 0.5) is 4.39 Å². The van der Waals surface area contributed by atoms with Crippen molar-refractivity contribution in [3.8, 4) is 11.5 Å². The lowest BCUT2D eigenvalue weighted by Crippen LogP contribution is -2.18. The number of hydrogen-bond acceptors (Lipinski definition) is 3. The number of halogens is 1. The molecule has 1 unspecified atom stereocenters. The van der Waals surface area contributed by atoms with E-state index in [-0.39, 0.29) is 18.5 Å². The normalized spacial score (nSPS) is 12.0. The molecule has 0 saturated carbocycles. The van der Waals surface area contributed by atoms with E-state index in [1.807, 2.05) is 31.2 Å². The molecule has 21 heavy (non-hydrogen) atoms. The van der Waals surface area contributed by atoms with E-state index in [2.05, 4.69) is 0 Å². The Hall–Kier alpha value is -2.07. The van der Waals surface area contributed by atoms with Gasteiger partial charge in [-0.25, -0.2) is 4.39 Å². The summed E-state index contributed by atoms with van der Waals surface area (Å²) in [5.41, 5.74) is 7.35. The van der Waals surface area contributed by atoms with Gasteiger partial charge in [-0.3, -0.25) is 0 Å². The van der Waals surface area contributed by atoms with Crippen molar-refractivity contribution in [3.63, 3.8) is 0 Å². The van der Waals surface area contributed by atoms with Gasteiger partial charge in [-0.15, -0.1) is 0 Å². The number of benzene rings is 2. The van der Waals surface area contributed by atoms with Crippen LogP contribution in [-0.2, 0) is 13.0 Å². The van der Waals surface area contributed by atoms with Crippen molar-refractivity contribution in [2.24, 2.45) is 5.73 Å². The summed E-state index contributed by atoms with van der Waals surface area (Å²) >= 11 is 0. The van der Waals surface area contributed by atoms with Crippen molar-refractivity contribution in [2.45, 2.75) is 26.0 Å². The molecule has 3 nitrogen and oxygen atoms in total. The van der Waals surface area contributed by atoms with Gasteiger partial charge in [0.1, 0.15) is 23.9 Å². The fourth-order valence-corrected chi connectivity index (χ4v) is 2.09. The number of hydrogen-bond donors (Lipinski definition) is 1. The fraction of sp³-hybridized carbons (Fsp3) is 0.294. The van der Waals surface area contributed by atoms with E-state index in [0.717, 1.165) is 17.7 Å². The number of rotatable bonds is 6. The van der Waals surface area contributed by atoms with Gasteiger partial charge < -0.3 is 15.2 Å². The van der Waals surface area contributed by atoms with Crippen LogP contribution in [0.2, 0.25) is 0 Å². The highest BCUT2D eigenvalue weighted by Crippen LogP contribution is 2.22. The van der Waals surface area contributed by atoms with Crippen LogP contribution >= 0.6 is 0 Å². The van der Waals surface area contributed by atoms with Gasteiger partial charge in [-0.2, -0.15) is 0 Å². The van der Waals surface area contributed by atoms with Crippen molar-refractivity contribution in [1.29, 1.82) is 0 Å². The van der Waals surface area contributed by atoms with E-state index in [0.29, 0.717) is 11.3 Å². The maximum atomic E-state index is 13.9. The molecule has 0 spiro atoms. The molecule has 0 aliphatic rings. The first kappa shape index (κ1) is 15.3. The van der Waals surface area contributed by atoms with E-state index in [4.69, 9.17) is 15.2 Å². The number of ether oxygens (including phenoxy) is 2. The number of nitrogens with two attached hydrogens (primary N) is 1. The van der Waals surface area contributed by atoms with Gasteiger partial charge in [0.2, 0.25) is 0 Å². The summed E-state index contributed by atoms with van der Waals surface area (Å²) < 4.78 is 24.6. The van der Waals surface area contributed by atoms with Gasteiger partial charge >= 0.3 is 0 Å². The number of methoxy groups -OCH3 is 1. The zero-order chi connectivity index (χ0) is 15.2. The Morgan fingerprint density at radius 1 is 1.14 bits per heavy atom. The van der Waals surface area contributed by atoms with Crippen molar-refractivity contribution in [3.05, 3.63) is 59.4 Å². The first-order valence-electron chi connectivity index (χ1n) is 6.89. The van der Waals surface area contributed by atoms with Gasteiger partial charge in [0.25, 0.3) is 0 Å². The molecule has 2 rings (SSSR count). The van der Waals surface area contributed by atoms with Crippen LogP contribution in [0.25, 0.3) is 0 Å². The Morgan fingerprint density at radius 2 is 1.90 bits per heavy atom. The molecule has 0 radical (unpaired) electrons. The van der Waals surface area contributed by atoms with Crippen LogP contribution in [0.1, 0.15) is 18.1 Å². The highest BCUT2D eigenvalue weighted by atomic mass is 19.1. The average molecular weight is 289 g/mol. The van der Waals surface area contributed by atoms with E-state index in [9.17, 15) is 4.39 Å². The predicted octanol–water partition coefficient (Wildman–Crippen LogP) is 3.30. The van der Waals surface area contributed by atoms with Crippen molar-refractivity contribution >= 4 is 0 Å². The standard InChI is InChI=1S/C17H20FNO2/c1-12(19)9-13-5-3-4-6-17(13)21-11-14-7-8-15(20-2)10-16(14)18/h3-8,10,12H,9,11,19H2,1-2H3. The minimum Gasteiger partial charge on any atom is -0.497 e. The zero-order valence-electron chi connectivity index (χ0n) is 12.3. The first-order chi connectivity index (χ1) is 10.1. The predicted molar refractivity (Wildman–Crippen MR) is 81.1 cm³/mol. The fourth-order valence-electron chi connectivity index (χ4n) is 2.09. The van der Waals surface area contributed by atoms with Crippen LogP contribution in [0.3, 0.4) is 0 Å². The molecule has 0 aromatic heterocycles. The molecular weight excluding hydrogens is 269 g/mol. The lowest BCUT2D eigenvalue weighted by Gasteiger charge is -2.13. The van der Waals surface area contributed by atoms with Crippen LogP contribution in [0.15, 0.2) is 42.5 Å². The SMILES string of the molecule is COc1ccc(COc2ccccc2CC(C)N)c(F)c1. The minimum atomic E-state index is -0.334. The molecule has 112 valence electrons. The smallest absolute Gasteiger partial charge is 0.133 e. The molecule has 0 saturated heterocycles. The molecule has 4 heteroatoms. The molecule has 1 atom stereocenters. The molecule has 2 N–H and O–H groups in total. The summed E-state index contributed by atoms with van der Waals surface area (Å²) in [5.74, 6) is 0.901. The van der Waals surface area contributed by atoms with Gasteiger partial charge in [0.05, 0.1) is 7.11 Å². The van der Waals surface area contributed by atoms with E-state index >= 15 is 0 Å². The van der Waals surface area contributed by atoms with Crippen LogP contribution in [0, 0.1) is 5.82 Å². The topological polar surface area (TPSA) is 44.5 Å². The summed E-state index contributed by atoms with van der Waals surface area (Å²) in [6.07, 6.45) is 0.723. The van der Waals surface area contributed by atoms with Gasteiger partial charge in [0, 0.05) is 17.7 Å². The third kappa shape index (κ3) is 4.20. The monoisotopic (exact) mass is 289 g/mol. The lowest BCUT2D eigenvalue weighted by molar-refractivity contribution is 0.295. The van der Waals surface area contributed by atoms with Crippen LogP contribution in [0.5, 0.6) is 11.5 Å². The quantitative estimate of drug-likeness (QED) is 0.887. The Kier molecular flexibility index (Phi) is 5.17. The summed E-state index contributed by atoms with van der Waals surface area (Å²) in [4.78, 5) is 0. The molecular formula is C17H20FNO2. The van der Waals surface area contributed by atoms with E-state index in [1.165, 1.54) is 13.2 Å². The second-order valence-corrected chi connectivity index (χ2v) is 5.04. The highest BCUT2D eigenvalue weighted by molar-refractivity contribution is 5.35. The zero-order valence-corrected chi connectivity index (χ0v) is 12.3. The van der Waals surface area contributed by atoms with Gasteiger partial charge in [-0.1, -0.05) is 18.2 Å². The number of para-hydroxylation sites is 1. The van der Waals surface area contributed by atoms with E-state index < -0.39 is 0 Å². The maximum Gasteiger partial charge on any atom is 0.133 e. The molecule has 0 heterocycles. The lowest BCUT2D eigenvalue weighted by atomic mass is 10.1. The van der Waals surface area contributed by atoms with Crippen LogP contribution in [-0.4, -0.2) is 13.2 Å². The molecule has 0 bridgehead atoms. The Balaban J connectivity index is 2.09. The van der Waals surface area contributed by atoms with E-state index in [1.54, 1.807) is 12.1 Å². The van der Waals surface area contributed by atoms with Gasteiger partial charge in [0.15, 0.2) is 0 Å². The molecule has 0 aliphatic carbocycles. The Morgan fingerprint density at radius 3 is 2.57 bits per heavy atom. The van der Waals surface area contributed by atoms with Crippen molar-refractivity contribution in [1.82, 2.24) is 0 Å². The van der Waals surface area contributed by atoms with Gasteiger partial charge in [-0.05, 0) is 37.1 Å². The molecule has 0 amide bonds. The highest BCUT2D eigenvalue weighted by Gasteiger charge is 2.08. The van der Waals surface area contributed by atoms with Crippen LogP contribution < -0.4 is 15.2 Å². The summed E-state index contributed by atoms with van der Waals surface area (Å²) in [6, 6.07) is 12.5. The summed E-state index contributed by atoms with van der Waals surface area (Å²) in [5, 5.41) is 0. The third-order valence-electron chi connectivity index (χ3n) is 3.16. The summed E-state index contributed by atoms with van der Waals surface area (Å²) in [6.45, 7) is 2.12. The molecule has 0 fully saturated rings. The third-order valence-corrected chi connectivity index (χ3v) is 3.16. The molecule has 2 aromatic carbocycles. The average Bonchev–Trinajstić information content (AvgIpc) is 2.46. The first-order valence-corrected chi connectivity index (χ1v) is 6.89. The van der Waals surface area contributed by atoms with Crippen molar-refractivity contribution < 1.29 is 13.9 Å².